The first-order chi connectivity index (χ1) is 13.6. The van der Waals surface area contributed by atoms with Crippen molar-refractivity contribution >= 4 is 34.2 Å². The highest BCUT2D eigenvalue weighted by molar-refractivity contribution is 14.1. The van der Waals surface area contributed by atoms with E-state index in [9.17, 15) is 4.79 Å². The molecule has 1 amide bonds. The second-order valence-corrected chi connectivity index (χ2v) is 7.42. The summed E-state index contributed by atoms with van der Waals surface area (Å²) in [7, 11) is 0. The van der Waals surface area contributed by atoms with E-state index < -0.39 is 0 Å². The molecule has 3 aromatic rings. The van der Waals surface area contributed by atoms with Crippen LogP contribution in [0.3, 0.4) is 0 Å². The van der Waals surface area contributed by atoms with Gasteiger partial charge in [-0.1, -0.05) is 48.5 Å². The number of anilines is 1. The van der Waals surface area contributed by atoms with Gasteiger partial charge in [0, 0.05) is 11.3 Å². The summed E-state index contributed by atoms with van der Waals surface area (Å²) in [6.45, 7) is 4.81. The summed E-state index contributed by atoms with van der Waals surface area (Å²) in [5.41, 5.74) is 3.38. The van der Waals surface area contributed by atoms with Crippen molar-refractivity contribution in [3.8, 4) is 11.5 Å². The molecule has 5 heteroatoms. The molecule has 3 aromatic carbocycles. The smallest absolute Gasteiger partial charge is 0.255 e. The van der Waals surface area contributed by atoms with Crippen molar-refractivity contribution in [2.24, 2.45) is 0 Å². The van der Waals surface area contributed by atoms with E-state index in [1.54, 1.807) is 6.07 Å². The van der Waals surface area contributed by atoms with E-state index in [1.165, 1.54) is 0 Å². The normalized spacial score (nSPS) is 10.4. The van der Waals surface area contributed by atoms with Gasteiger partial charge in [0.05, 0.1) is 10.2 Å². The lowest BCUT2D eigenvalue weighted by atomic mass is 10.1. The van der Waals surface area contributed by atoms with Crippen molar-refractivity contribution in [3.05, 3.63) is 87.0 Å². The Labute approximate surface area is 179 Å². The van der Waals surface area contributed by atoms with Crippen molar-refractivity contribution in [3.63, 3.8) is 0 Å². The van der Waals surface area contributed by atoms with Gasteiger partial charge in [-0.15, -0.1) is 0 Å². The van der Waals surface area contributed by atoms with Gasteiger partial charge in [0.2, 0.25) is 0 Å². The molecule has 0 unspecified atom stereocenters. The summed E-state index contributed by atoms with van der Waals surface area (Å²) in [4.78, 5) is 12.8. The Hall–Kier alpha value is -2.54. The predicted octanol–water partition coefficient (Wildman–Crippen LogP) is 5.83. The molecule has 3 rings (SSSR count). The minimum Gasteiger partial charge on any atom is -0.489 e. The molecule has 0 radical (unpaired) electrons. The van der Waals surface area contributed by atoms with E-state index in [0.29, 0.717) is 30.3 Å². The third kappa shape index (κ3) is 5.04. The van der Waals surface area contributed by atoms with Crippen LogP contribution >= 0.6 is 22.6 Å². The van der Waals surface area contributed by atoms with Crippen LogP contribution in [-0.4, -0.2) is 12.5 Å². The van der Waals surface area contributed by atoms with Gasteiger partial charge in [-0.2, -0.15) is 0 Å². The summed E-state index contributed by atoms with van der Waals surface area (Å²) in [6, 6.07) is 21.2. The maximum atomic E-state index is 12.8. The number of nitrogens with one attached hydrogen (secondary N) is 1. The zero-order chi connectivity index (χ0) is 19.9. The number of amides is 1. The first-order valence-electron chi connectivity index (χ1n) is 9.08. The fourth-order valence-corrected chi connectivity index (χ4v) is 3.49. The van der Waals surface area contributed by atoms with Gasteiger partial charge in [0.15, 0.2) is 11.5 Å². The van der Waals surface area contributed by atoms with E-state index in [0.717, 1.165) is 20.4 Å². The van der Waals surface area contributed by atoms with Crippen LogP contribution in [0.15, 0.2) is 66.7 Å². The molecule has 0 aliphatic rings. The number of ether oxygens (including phenoxy) is 2. The van der Waals surface area contributed by atoms with Gasteiger partial charge in [0.25, 0.3) is 5.91 Å². The van der Waals surface area contributed by atoms with Crippen LogP contribution in [0.2, 0.25) is 0 Å². The molecule has 1 N–H and O–H groups in total. The minimum atomic E-state index is -0.181. The van der Waals surface area contributed by atoms with Crippen LogP contribution in [0.5, 0.6) is 11.5 Å². The fourth-order valence-electron chi connectivity index (χ4n) is 2.73. The van der Waals surface area contributed by atoms with Crippen LogP contribution in [0.4, 0.5) is 5.69 Å². The van der Waals surface area contributed by atoms with Crippen molar-refractivity contribution in [2.45, 2.75) is 20.5 Å². The van der Waals surface area contributed by atoms with Crippen LogP contribution in [0.1, 0.15) is 28.4 Å². The maximum absolute atomic E-state index is 12.8. The highest BCUT2D eigenvalue weighted by atomic mass is 127. The van der Waals surface area contributed by atoms with Gasteiger partial charge in [0.1, 0.15) is 6.61 Å². The number of carbonyl (C=O) groups excluding carboxylic acids is 1. The number of rotatable bonds is 7. The summed E-state index contributed by atoms with van der Waals surface area (Å²) in [6.07, 6.45) is 0. The van der Waals surface area contributed by atoms with E-state index in [-0.39, 0.29) is 5.91 Å². The Bertz CT molecular complexity index is 957. The number of aryl methyl sites for hydroxylation is 1. The van der Waals surface area contributed by atoms with E-state index in [2.05, 4.69) is 27.9 Å². The molecule has 0 spiro atoms. The third-order valence-corrected chi connectivity index (χ3v) is 4.99. The summed E-state index contributed by atoms with van der Waals surface area (Å²) >= 11 is 2.18. The lowest BCUT2D eigenvalue weighted by Crippen LogP contribution is -2.14. The van der Waals surface area contributed by atoms with E-state index in [4.69, 9.17) is 9.47 Å². The molecular weight excluding hydrogens is 465 g/mol. The molecule has 0 aromatic heterocycles. The third-order valence-electron chi connectivity index (χ3n) is 4.19. The highest BCUT2D eigenvalue weighted by Crippen LogP contribution is 2.35. The van der Waals surface area contributed by atoms with E-state index in [1.807, 2.05) is 74.5 Å². The molecule has 0 saturated heterocycles. The molecule has 0 atom stereocenters. The number of para-hydroxylation sites is 1. The van der Waals surface area contributed by atoms with Gasteiger partial charge >= 0.3 is 0 Å². The molecule has 0 aliphatic carbocycles. The second kappa shape index (κ2) is 9.59. The maximum Gasteiger partial charge on any atom is 0.255 e. The second-order valence-electron chi connectivity index (χ2n) is 6.26. The zero-order valence-corrected chi connectivity index (χ0v) is 18.0. The Morgan fingerprint density at radius 3 is 2.43 bits per heavy atom. The Morgan fingerprint density at radius 2 is 1.71 bits per heavy atom. The molecule has 0 heterocycles. The van der Waals surface area contributed by atoms with Gasteiger partial charge in [-0.3, -0.25) is 4.79 Å². The van der Waals surface area contributed by atoms with Crippen molar-refractivity contribution in [1.82, 2.24) is 0 Å². The number of hydrogen-bond acceptors (Lipinski definition) is 3. The Kier molecular flexibility index (Phi) is 6.92. The van der Waals surface area contributed by atoms with Gasteiger partial charge < -0.3 is 14.8 Å². The minimum absolute atomic E-state index is 0.181. The first-order valence-corrected chi connectivity index (χ1v) is 10.2. The number of carbonyl (C=O) groups is 1. The predicted molar refractivity (Wildman–Crippen MR) is 120 cm³/mol. The molecule has 0 fully saturated rings. The lowest BCUT2D eigenvalue weighted by Gasteiger charge is -2.16. The van der Waals surface area contributed by atoms with Gasteiger partial charge in [-0.05, 0) is 65.8 Å². The summed E-state index contributed by atoms with van der Waals surface area (Å²) in [5, 5.41) is 2.97. The van der Waals surface area contributed by atoms with Crippen LogP contribution in [-0.2, 0) is 6.61 Å². The Morgan fingerprint density at radius 1 is 1.00 bits per heavy atom. The summed E-state index contributed by atoms with van der Waals surface area (Å²) < 4.78 is 12.6. The monoisotopic (exact) mass is 487 g/mol. The van der Waals surface area contributed by atoms with Crippen molar-refractivity contribution in [2.75, 3.05) is 11.9 Å². The van der Waals surface area contributed by atoms with E-state index >= 15 is 0 Å². The molecule has 144 valence electrons. The van der Waals surface area contributed by atoms with Crippen LogP contribution in [0.25, 0.3) is 0 Å². The summed E-state index contributed by atoms with van der Waals surface area (Å²) in [5.74, 6) is 1.04. The highest BCUT2D eigenvalue weighted by Gasteiger charge is 2.17. The topological polar surface area (TPSA) is 47.6 Å². The fraction of sp³-hybridized carbons (Fsp3) is 0.174. The number of hydrogen-bond donors (Lipinski definition) is 1. The first kappa shape index (κ1) is 20.2. The van der Waals surface area contributed by atoms with Crippen LogP contribution in [0, 0.1) is 10.5 Å². The lowest BCUT2D eigenvalue weighted by molar-refractivity contribution is 0.102. The quantitative estimate of drug-likeness (QED) is 0.427. The average Bonchev–Trinajstić information content (AvgIpc) is 2.70. The molecular formula is C23H22INO3. The number of halogens is 1. The molecule has 0 aliphatic heterocycles. The largest absolute Gasteiger partial charge is 0.489 e. The Balaban J connectivity index is 1.86. The van der Waals surface area contributed by atoms with Gasteiger partial charge in [-0.25, -0.2) is 0 Å². The average molecular weight is 487 g/mol. The van der Waals surface area contributed by atoms with Crippen molar-refractivity contribution < 1.29 is 14.3 Å². The molecule has 4 nitrogen and oxygen atoms in total. The van der Waals surface area contributed by atoms with Crippen LogP contribution < -0.4 is 14.8 Å². The standard InChI is InChI=1S/C23H22INO3/c1-3-27-22-19(24)13-18(23(26)25-20-12-8-7-9-16(20)2)14-21(22)28-15-17-10-5-4-6-11-17/h4-14H,3,15H2,1-2H3,(H,25,26). The number of benzene rings is 3. The molecule has 0 bridgehead atoms. The SMILES string of the molecule is CCOc1c(I)cc(C(=O)Nc2ccccc2C)cc1OCc1ccccc1. The zero-order valence-electron chi connectivity index (χ0n) is 15.9. The van der Waals surface area contributed by atoms with Crippen molar-refractivity contribution in [1.29, 1.82) is 0 Å². The molecule has 28 heavy (non-hydrogen) atoms. The molecule has 0 saturated carbocycles.